The van der Waals surface area contributed by atoms with Crippen molar-refractivity contribution < 1.29 is 8.42 Å². The van der Waals surface area contributed by atoms with Gasteiger partial charge in [-0.15, -0.1) is 0 Å². The average molecular weight is 369 g/mol. The zero-order valence-corrected chi connectivity index (χ0v) is 14.1. The molecule has 0 fully saturated rings. The SMILES string of the molecule is CCc1cccnc1CNS(=O)(=O)c1ccc(CBr)cc1. The van der Waals surface area contributed by atoms with Gasteiger partial charge in [0, 0.05) is 11.5 Å². The van der Waals surface area contributed by atoms with Crippen LogP contribution in [0.5, 0.6) is 0 Å². The van der Waals surface area contributed by atoms with Crippen LogP contribution in [0.4, 0.5) is 0 Å². The standard InChI is InChI=1S/C15H17BrN2O2S/c1-2-13-4-3-9-17-15(13)11-18-21(19,20)14-7-5-12(10-16)6-8-14/h3-9,18H,2,10-11H2,1H3. The second-order valence-electron chi connectivity index (χ2n) is 4.56. The Hall–Kier alpha value is -1.24. The molecule has 6 heteroatoms. The number of hydrogen-bond acceptors (Lipinski definition) is 3. The molecule has 112 valence electrons. The monoisotopic (exact) mass is 368 g/mol. The number of nitrogens with zero attached hydrogens (tertiary/aromatic N) is 1. The van der Waals surface area contributed by atoms with Crippen LogP contribution < -0.4 is 4.72 Å². The van der Waals surface area contributed by atoms with Crippen molar-refractivity contribution in [1.82, 2.24) is 9.71 Å². The number of nitrogens with one attached hydrogen (secondary N) is 1. The second-order valence-corrected chi connectivity index (χ2v) is 6.89. The number of sulfonamides is 1. The first-order valence-electron chi connectivity index (χ1n) is 6.64. The van der Waals surface area contributed by atoms with Crippen molar-refractivity contribution in [3.05, 3.63) is 59.4 Å². The fraction of sp³-hybridized carbons (Fsp3) is 0.267. The van der Waals surface area contributed by atoms with E-state index in [9.17, 15) is 8.42 Å². The van der Waals surface area contributed by atoms with Crippen LogP contribution in [0.2, 0.25) is 0 Å². The predicted octanol–water partition coefficient (Wildman–Crippen LogP) is 3.02. The Morgan fingerprint density at radius 3 is 2.52 bits per heavy atom. The zero-order chi connectivity index (χ0) is 15.3. The minimum Gasteiger partial charge on any atom is -0.260 e. The lowest BCUT2D eigenvalue weighted by Gasteiger charge is -2.09. The molecule has 1 heterocycles. The van der Waals surface area contributed by atoms with Gasteiger partial charge in [-0.2, -0.15) is 0 Å². The molecule has 0 aliphatic heterocycles. The van der Waals surface area contributed by atoms with E-state index in [-0.39, 0.29) is 11.4 Å². The molecule has 0 spiro atoms. The van der Waals surface area contributed by atoms with Crippen LogP contribution in [-0.2, 0) is 28.3 Å². The van der Waals surface area contributed by atoms with Gasteiger partial charge in [0.2, 0.25) is 10.0 Å². The normalized spacial score (nSPS) is 11.5. The van der Waals surface area contributed by atoms with E-state index in [2.05, 4.69) is 25.6 Å². The van der Waals surface area contributed by atoms with Crippen LogP contribution >= 0.6 is 15.9 Å². The second kappa shape index (κ2) is 7.15. The van der Waals surface area contributed by atoms with Crippen LogP contribution in [-0.4, -0.2) is 13.4 Å². The summed E-state index contributed by atoms with van der Waals surface area (Å²) in [6.07, 6.45) is 2.50. The number of benzene rings is 1. The molecule has 0 radical (unpaired) electrons. The Labute approximate surface area is 133 Å². The summed E-state index contributed by atoms with van der Waals surface area (Å²) in [5.74, 6) is 0. The third-order valence-corrected chi connectivity index (χ3v) is 5.25. The van der Waals surface area contributed by atoms with Crippen molar-refractivity contribution in [2.45, 2.75) is 30.1 Å². The fourth-order valence-corrected chi connectivity index (χ4v) is 3.32. The minimum atomic E-state index is -3.51. The van der Waals surface area contributed by atoms with E-state index in [0.29, 0.717) is 5.33 Å². The van der Waals surface area contributed by atoms with Crippen LogP contribution in [0.25, 0.3) is 0 Å². The Balaban J connectivity index is 2.13. The minimum absolute atomic E-state index is 0.201. The van der Waals surface area contributed by atoms with Gasteiger partial charge >= 0.3 is 0 Å². The Morgan fingerprint density at radius 1 is 1.19 bits per heavy atom. The first-order chi connectivity index (χ1) is 10.1. The van der Waals surface area contributed by atoms with Crippen LogP contribution in [0.3, 0.4) is 0 Å². The molecule has 2 aromatic rings. The van der Waals surface area contributed by atoms with Gasteiger partial charge in [-0.25, -0.2) is 13.1 Å². The molecule has 2 rings (SSSR count). The summed E-state index contributed by atoms with van der Waals surface area (Å²) in [7, 11) is -3.51. The molecule has 21 heavy (non-hydrogen) atoms. The van der Waals surface area contributed by atoms with Gasteiger partial charge in [0.05, 0.1) is 17.1 Å². The van der Waals surface area contributed by atoms with Crippen molar-refractivity contribution in [3.8, 4) is 0 Å². The van der Waals surface area contributed by atoms with Crippen molar-refractivity contribution in [1.29, 1.82) is 0 Å². The topological polar surface area (TPSA) is 59.1 Å². The summed E-state index contributed by atoms with van der Waals surface area (Å²) in [5, 5.41) is 0.703. The lowest BCUT2D eigenvalue weighted by Crippen LogP contribution is -2.24. The lowest BCUT2D eigenvalue weighted by molar-refractivity contribution is 0.580. The molecule has 0 atom stereocenters. The fourth-order valence-electron chi connectivity index (χ4n) is 1.96. The van der Waals surface area contributed by atoms with E-state index >= 15 is 0 Å². The van der Waals surface area contributed by atoms with Crippen LogP contribution in [0, 0.1) is 0 Å². The molecule has 0 bridgehead atoms. The molecule has 1 aromatic heterocycles. The highest BCUT2D eigenvalue weighted by molar-refractivity contribution is 9.08. The van der Waals surface area contributed by atoms with Gasteiger partial charge in [0.25, 0.3) is 0 Å². The molecular formula is C15H17BrN2O2S. The molecule has 0 saturated heterocycles. The van der Waals surface area contributed by atoms with Gasteiger partial charge in [-0.3, -0.25) is 4.98 Å². The summed E-state index contributed by atoms with van der Waals surface area (Å²) in [6.45, 7) is 2.22. The van der Waals surface area contributed by atoms with E-state index in [0.717, 1.165) is 23.2 Å². The number of aromatic nitrogens is 1. The number of pyridine rings is 1. The molecule has 0 aliphatic rings. The van der Waals surface area contributed by atoms with Crippen molar-refractivity contribution in [3.63, 3.8) is 0 Å². The first kappa shape index (κ1) is 16.1. The quantitative estimate of drug-likeness (QED) is 0.797. The number of halogens is 1. The molecule has 0 aliphatic carbocycles. The van der Waals surface area contributed by atoms with E-state index in [1.54, 1.807) is 30.5 Å². The Kier molecular flexibility index (Phi) is 5.50. The van der Waals surface area contributed by atoms with Gasteiger partial charge < -0.3 is 0 Å². The molecule has 1 aromatic carbocycles. The third kappa shape index (κ3) is 4.12. The highest BCUT2D eigenvalue weighted by atomic mass is 79.9. The molecule has 0 saturated carbocycles. The summed E-state index contributed by atoms with van der Waals surface area (Å²) in [4.78, 5) is 4.51. The smallest absolute Gasteiger partial charge is 0.240 e. The number of alkyl halides is 1. The average Bonchev–Trinajstić information content (AvgIpc) is 2.53. The summed E-state index contributed by atoms with van der Waals surface area (Å²) >= 11 is 3.34. The largest absolute Gasteiger partial charge is 0.260 e. The molecule has 1 N–H and O–H groups in total. The molecule has 0 unspecified atom stereocenters. The Morgan fingerprint density at radius 2 is 1.90 bits per heavy atom. The number of aryl methyl sites for hydroxylation is 1. The number of hydrogen-bond donors (Lipinski definition) is 1. The van der Waals surface area contributed by atoms with E-state index in [1.165, 1.54) is 0 Å². The maximum atomic E-state index is 12.3. The lowest BCUT2D eigenvalue weighted by atomic mass is 10.1. The van der Waals surface area contributed by atoms with Crippen molar-refractivity contribution in [2.75, 3.05) is 0 Å². The third-order valence-electron chi connectivity index (χ3n) is 3.18. The maximum absolute atomic E-state index is 12.3. The van der Waals surface area contributed by atoms with Crippen molar-refractivity contribution >= 4 is 26.0 Å². The predicted molar refractivity (Wildman–Crippen MR) is 86.7 cm³/mol. The van der Waals surface area contributed by atoms with E-state index < -0.39 is 10.0 Å². The van der Waals surface area contributed by atoms with Gasteiger partial charge in [0.15, 0.2) is 0 Å². The summed E-state index contributed by atoms with van der Waals surface area (Å²) in [5.41, 5.74) is 2.85. The molecule has 0 amide bonds. The number of rotatable bonds is 6. The summed E-state index contributed by atoms with van der Waals surface area (Å²) in [6, 6.07) is 10.6. The maximum Gasteiger partial charge on any atom is 0.240 e. The van der Waals surface area contributed by atoms with E-state index in [4.69, 9.17) is 0 Å². The van der Waals surface area contributed by atoms with Gasteiger partial charge in [-0.1, -0.05) is 41.1 Å². The van der Waals surface area contributed by atoms with Crippen molar-refractivity contribution in [2.24, 2.45) is 0 Å². The molecular weight excluding hydrogens is 352 g/mol. The highest BCUT2D eigenvalue weighted by Crippen LogP contribution is 2.13. The van der Waals surface area contributed by atoms with Crippen LogP contribution in [0.1, 0.15) is 23.7 Å². The van der Waals surface area contributed by atoms with Gasteiger partial charge in [-0.05, 0) is 35.7 Å². The zero-order valence-electron chi connectivity index (χ0n) is 11.7. The first-order valence-corrected chi connectivity index (χ1v) is 9.24. The highest BCUT2D eigenvalue weighted by Gasteiger charge is 2.14. The van der Waals surface area contributed by atoms with Crippen LogP contribution in [0.15, 0.2) is 47.5 Å². The summed E-state index contributed by atoms with van der Waals surface area (Å²) < 4.78 is 27.1. The molecule has 4 nitrogen and oxygen atoms in total. The Bertz CT molecular complexity index is 700. The van der Waals surface area contributed by atoms with E-state index in [1.807, 2.05) is 19.1 Å². The van der Waals surface area contributed by atoms with Gasteiger partial charge in [0.1, 0.15) is 0 Å².